The Hall–Kier alpha value is -2.90. The Morgan fingerprint density at radius 1 is 1.03 bits per heavy atom. The van der Waals surface area contributed by atoms with Gasteiger partial charge in [0.15, 0.2) is 0 Å². The maximum Gasteiger partial charge on any atom is 0.261 e. The second-order valence-corrected chi connectivity index (χ2v) is 8.56. The Morgan fingerprint density at radius 3 is 2.45 bits per heavy atom. The van der Waals surface area contributed by atoms with Gasteiger partial charge in [0.1, 0.15) is 5.82 Å². The van der Waals surface area contributed by atoms with Crippen LogP contribution in [0.4, 0.5) is 15.8 Å². The van der Waals surface area contributed by atoms with E-state index in [1.807, 2.05) is 0 Å². The van der Waals surface area contributed by atoms with Gasteiger partial charge in [-0.3, -0.25) is 9.52 Å². The number of hydrogen-bond donors (Lipinski definition) is 2. The summed E-state index contributed by atoms with van der Waals surface area (Å²) in [6.07, 6.45) is 0.0391. The van der Waals surface area contributed by atoms with Gasteiger partial charge in [0, 0.05) is 10.7 Å². The Labute approximate surface area is 173 Å². The minimum Gasteiger partial charge on any atom is -0.326 e. The SMILES string of the molecule is Cc1ccc(S(=O)(=O)Nc2cccc(Cl)c2)cc1NC(=O)Cc1ccc(F)cc1. The van der Waals surface area contributed by atoms with Gasteiger partial charge >= 0.3 is 0 Å². The lowest BCUT2D eigenvalue weighted by Crippen LogP contribution is -2.17. The molecule has 29 heavy (non-hydrogen) atoms. The summed E-state index contributed by atoms with van der Waals surface area (Å²) in [5, 5.41) is 3.12. The summed E-state index contributed by atoms with van der Waals surface area (Å²) in [4.78, 5) is 12.3. The molecule has 0 spiro atoms. The van der Waals surface area contributed by atoms with Gasteiger partial charge in [-0.15, -0.1) is 0 Å². The zero-order chi connectivity index (χ0) is 21.0. The molecule has 3 aromatic carbocycles. The van der Waals surface area contributed by atoms with E-state index in [2.05, 4.69) is 10.0 Å². The molecule has 8 heteroatoms. The molecule has 0 aliphatic rings. The third-order valence-corrected chi connectivity index (χ3v) is 5.76. The van der Waals surface area contributed by atoms with Crippen LogP contribution >= 0.6 is 11.6 Å². The number of aryl methyl sites for hydroxylation is 1. The molecule has 0 aromatic heterocycles. The molecule has 0 bridgehead atoms. The van der Waals surface area contributed by atoms with E-state index in [-0.39, 0.29) is 23.0 Å². The summed E-state index contributed by atoms with van der Waals surface area (Å²) in [7, 11) is -3.87. The number of nitrogens with one attached hydrogen (secondary N) is 2. The van der Waals surface area contributed by atoms with Crippen molar-refractivity contribution in [2.75, 3.05) is 10.0 Å². The summed E-state index contributed by atoms with van der Waals surface area (Å²) in [6.45, 7) is 1.76. The first-order chi connectivity index (χ1) is 13.7. The Kier molecular flexibility index (Phi) is 6.20. The van der Waals surface area contributed by atoms with E-state index in [1.54, 1.807) is 31.2 Å². The highest BCUT2D eigenvalue weighted by Crippen LogP contribution is 2.24. The Morgan fingerprint density at radius 2 is 1.76 bits per heavy atom. The predicted octanol–water partition coefficient (Wildman–Crippen LogP) is 4.77. The number of halogens is 2. The van der Waals surface area contributed by atoms with Gasteiger partial charge in [0.05, 0.1) is 17.0 Å². The molecule has 150 valence electrons. The van der Waals surface area contributed by atoms with Crippen LogP contribution in [0.5, 0.6) is 0 Å². The van der Waals surface area contributed by atoms with E-state index >= 15 is 0 Å². The first kappa shape index (κ1) is 20.8. The average molecular weight is 433 g/mol. The second-order valence-electron chi connectivity index (χ2n) is 6.44. The lowest BCUT2D eigenvalue weighted by molar-refractivity contribution is -0.115. The number of benzene rings is 3. The van der Waals surface area contributed by atoms with Crippen LogP contribution in [-0.4, -0.2) is 14.3 Å². The number of anilines is 2. The maximum absolute atomic E-state index is 13.0. The first-order valence-electron chi connectivity index (χ1n) is 8.66. The monoisotopic (exact) mass is 432 g/mol. The molecule has 1 amide bonds. The minimum absolute atomic E-state index is 0.000146. The van der Waals surface area contributed by atoms with Crippen LogP contribution < -0.4 is 10.0 Å². The average Bonchev–Trinajstić information content (AvgIpc) is 2.65. The van der Waals surface area contributed by atoms with E-state index in [0.29, 0.717) is 27.5 Å². The third kappa shape index (κ3) is 5.56. The molecule has 0 saturated heterocycles. The number of sulfonamides is 1. The molecule has 0 atom stereocenters. The van der Waals surface area contributed by atoms with Gasteiger partial charge in [0.2, 0.25) is 5.91 Å². The molecule has 5 nitrogen and oxygen atoms in total. The number of carbonyl (C=O) groups is 1. The van der Waals surface area contributed by atoms with Crippen LogP contribution in [0.3, 0.4) is 0 Å². The zero-order valence-corrected chi connectivity index (χ0v) is 17.0. The lowest BCUT2D eigenvalue weighted by atomic mass is 10.1. The second kappa shape index (κ2) is 8.63. The molecule has 0 radical (unpaired) electrons. The van der Waals surface area contributed by atoms with Crippen LogP contribution in [0, 0.1) is 12.7 Å². The maximum atomic E-state index is 13.0. The number of hydrogen-bond acceptors (Lipinski definition) is 3. The van der Waals surface area contributed by atoms with Gasteiger partial charge in [-0.2, -0.15) is 0 Å². The smallest absolute Gasteiger partial charge is 0.261 e. The van der Waals surface area contributed by atoms with Gasteiger partial charge in [-0.05, 0) is 60.5 Å². The van der Waals surface area contributed by atoms with Crippen LogP contribution in [0.15, 0.2) is 71.6 Å². The zero-order valence-electron chi connectivity index (χ0n) is 15.4. The summed E-state index contributed by atoms with van der Waals surface area (Å²) >= 11 is 5.90. The molecule has 0 unspecified atom stereocenters. The van der Waals surface area contributed by atoms with Crippen LogP contribution in [0.25, 0.3) is 0 Å². The summed E-state index contributed by atoms with van der Waals surface area (Å²) in [5.41, 5.74) is 2.07. The molecular weight excluding hydrogens is 415 g/mol. The Balaban J connectivity index is 1.78. The van der Waals surface area contributed by atoms with Crippen molar-refractivity contribution in [3.63, 3.8) is 0 Å². The predicted molar refractivity (Wildman–Crippen MR) is 112 cm³/mol. The molecule has 0 fully saturated rings. The largest absolute Gasteiger partial charge is 0.326 e. The molecule has 0 aliphatic heterocycles. The van der Waals surface area contributed by atoms with Crippen molar-refractivity contribution in [2.24, 2.45) is 0 Å². The van der Waals surface area contributed by atoms with Crippen molar-refractivity contribution >= 4 is 38.9 Å². The van der Waals surface area contributed by atoms with Crippen LogP contribution in [-0.2, 0) is 21.2 Å². The van der Waals surface area contributed by atoms with Crippen molar-refractivity contribution < 1.29 is 17.6 Å². The summed E-state index contributed by atoms with van der Waals surface area (Å²) in [5.74, 6) is -0.716. The molecular formula is C21H18ClFN2O3S. The van der Waals surface area contributed by atoms with Crippen LogP contribution in [0.2, 0.25) is 5.02 Å². The van der Waals surface area contributed by atoms with Crippen molar-refractivity contribution in [3.8, 4) is 0 Å². The molecule has 0 aliphatic carbocycles. The first-order valence-corrected chi connectivity index (χ1v) is 10.5. The normalized spacial score (nSPS) is 11.1. The standard InChI is InChI=1S/C21H18ClFN2O3S/c1-14-5-10-19(29(27,28)25-18-4-2-3-16(22)12-18)13-20(14)24-21(26)11-15-6-8-17(23)9-7-15/h2-10,12-13,25H,11H2,1H3,(H,24,26). The molecule has 2 N–H and O–H groups in total. The highest BCUT2D eigenvalue weighted by Gasteiger charge is 2.17. The highest BCUT2D eigenvalue weighted by molar-refractivity contribution is 7.92. The van der Waals surface area contributed by atoms with Crippen molar-refractivity contribution in [3.05, 3.63) is 88.7 Å². The third-order valence-electron chi connectivity index (χ3n) is 4.15. The Bertz CT molecular complexity index is 1150. The van der Waals surface area contributed by atoms with E-state index in [4.69, 9.17) is 11.6 Å². The molecule has 0 heterocycles. The molecule has 0 saturated carbocycles. The highest BCUT2D eigenvalue weighted by atomic mass is 35.5. The van der Waals surface area contributed by atoms with E-state index in [1.165, 1.54) is 42.5 Å². The van der Waals surface area contributed by atoms with E-state index in [0.717, 1.165) is 0 Å². The summed E-state index contributed by atoms with van der Waals surface area (Å²) < 4.78 is 40.8. The summed E-state index contributed by atoms with van der Waals surface area (Å²) in [6, 6.07) is 16.4. The fourth-order valence-corrected chi connectivity index (χ4v) is 3.92. The minimum atomic E-state index is -3.87. The number of amides is 1. The fraction of sp³-hybridized carbons (Fsp3) is 0.0952. The van der Waals surface area contributed by atoms with E-state index in [9.17, 15) is 17.6 Å². The lowest BCUT2D eigenvalue weighted by Gasteiger charge is -2.13. The quantitative estimate of drug-likeness (QED) is 0.589. The van der Waals surface area contributed by atoms with Gasteiger partial charge < -0.3 is 5.32 Å². The van der Waals surface area contributed by atoms with Crippen molar-refractivity contribution in [1.29, 1.82) is 0 Å². The fourth-order valence-electron chi connectivity index (χ4n) is 2.65. The molecule has 3 aromatic rings. The van der Waals surface area contributed by atoms with Gasteiger partial charge in [-0.1, -0.05) is 35.9 Å². The van der Waals surface area contributed by atoms with Crippen molar-refractivity contribution in [2.45, 2.75) is 18.2 Å². The van der Waals surface area contributed by atoms with Crippen molar-refractivity contribution in [1.82, 2.24) is 0 Å². The van der Waals surface area contributed by atoms with Gasteiger partial charge in [0.25, 0.3) is 10.0 Å². The van der Waals surface area contributed by atoms with Gasteiger partial charge in [-0.25, -0.2) is 12.8 Å². The topological polar surface area (TPSA) is 75.3 Å². The van der Waals surface area contributed by atoms with Crippen LogP contribution in [0.1, 0.15) is 11.1 Å². The number of carbonyl (C=O) groups excluding carboxylic acids is 1. The van der Waals surface area contributed by atoms with E-state index < -0.39 is 10.0 Å². The molecule has 3 rings (SSSR count). The number of rotatable bonds is 6.